The molecule has 1 aromatic heterocycles. The van der Waals surface area contributed by atoms with Crippen LogP contribution in [-0.2, 0) is 0 Å². The maximum absolute atomic E-state index is 2.49. The maximum atomic E-state index is 2.49. The number of hydrogen-bond acceptors (Lipinski definition) is 2. The number of nitrogens with zero attached hydrogens (tertiary/aromatic N) is 2. The van der Waals surface area contributed by atoms with Crippen LogP contribution in [0.15, 0.2) is 265 Å². The Balaban J connectivity index is 0.916. The molecule has 2 nitrogen and oxygen atoms in total. The third-order valence-electron chi connectivity index (χ3n) is 14.9. The Kier molecular flexibility index (Phi) is 8.93. The summed E-state index contributed by atoms with van der Waals surface area (Å²) in [6.45, 7) is 0. The molecule has 0 spiro atoms. The van der Waals surface area contributed by atoms with Crippen LogP contribution in [0.5, 0.6) is 0 Å². The minimum absolute atomic E-state index is 1.14. The first-order chi connectivity index (χ1) is 35.2. The fourth-order valence-corrected chi connectivity index (χ4v) is 12.8. The summed E-state index contributed by atoms with van der Waals surface area (Å²) in [5, 5.41) is 15.1. The van der Waals surface area contributed by atoms with E-state index in [9.17, 15) is 0 Å². The van der Waals surface area contributed by atoms with Gasteiger partial charge in [-0.1, -0.05) is 200 Å². The topological polar surface area (TPSA) is 8.17 Å². The van der Waals surface area contributed by atoms with E-state index in [1.54, 1.807) is 0 Å². The quantitative estimate of drug-likeness (QED) is 0.159. The SMILES string of the molecule is c1ccc(-c2cccc(N3c4cc(-c5ccc6c(c5)c5c7ccccc7ccc5n6-c5ccc6c7ccc(-c8ccccc8)cc7c7ccccc7c6c5)ccc4Sc4c3ccc3ccccc43)c2)cc1. The van der Waals surface area contributed by atoms with Crippen LogP contribution in [0.25, 0.3) is 115 Å². The lowest BCUT2D eigenvalue weighted by molar-refractivity contribution is 1.18. The van der Waals surface area contributed by atoms with Crippen molar-refractivity contribution in [1.29, 1.82) is 0 Å². The molecule has 1 aliphatic rings. The minimum Gasteiger partial charge on any atom is -0.309 e. The highest BCUT2D eigenvalue weighted by atomic mass is 32.2. The van der Waals surface area contributed by atoms with Gasteiger partial charge in [0.15, 0.2) is 0 Å². The Morgan fingerprint density at radius 3 is 1.58 bits per heavy atom. The third kappa shape index (κ3) is 6.30. The normalized spacial score (nSPS) is 12.4. The lowest BCUT2D eigenvalue weighted by Gasteiger charge is -2.34. The summed E-state index contributed by atoms with van der Waals surface area (Å²) in [5.74, 6) is 0. The molecule has 0 amide bonds. The molecule has 2 heterocycles. The zero-order chi connectivity index (χ0) is 46.6. The molecule has 0 saturated carbocycles. The first-order valence-corrected chi connectivity index (χ1v) is 25.2. The van der Waals surface area contributed by atoms with Crippen molar-refractivity contribution in [2.75, 3.05) is 4.90 Å². The average Bonchev–Trinajstić information content (AvgIpc) is 3.79. The van der Waals surface area contributed by atoms with Gasteiger partial charge in [0, 0.05) is 31.9 Å². The van der Waals surface area contributed by atoms with Crippen molar-refractivity contribution in [3.63, 3.8) is 0 Å². The highest BCUT2D eigenvalue weighted by molar-refractivity contribution is 8.00. The molecule has 0 N–H and O–H groups in total. The summed E-state index contributed by atoms with van der Waals surface area (Å²) in [4.78, 5) is 5.00. The van der Waals surface area contributed by atoms with E-state index >= 15 is 0 Å². The number of anilines is 3. The Labute approximate surface area is 415 Å². The summed E-state index contributed by atoms with van der Waals surface area (Å²) < 4.78 is 2.49. The van der Waals surface area contributed by atoms with E-state index in [1.807, 2.05) is 11.8 Å². The van der Waals surface area contributed by atoms with Crippen LogP contribution in [0, 0.1) is 0 Å². The van der Waals surface area contributed by atoms with Crippen LogP contribution in [0.1, 0.15) is 0 Å². The number of benzene rings is 13. The summed E-state index contributed by atoms with van der Waals surface area (Å²) in [6, 6.07) is 94.4. The van der Waals surface area contributed by atoms with Crippen LogP contribution in [-0.4, -0.2) is 4.57 Å². The second-order valence-electron chi connectivity index (χ2n) is 18.8. The molecule has 1 aliphatic heterocycles. The summed E-state index contributed by atoms with van der Waals surface area (Å²) in [5.41, 5.74) is 14.3. The van der Waals surface area contributed by atoms with Gasteiger partial charge in [0.2, 0.25) is 0 Å². The van der Waals surface area contributed by atoms with Gasteiger partial charge in [-0.2, -0.15) is 0 Å². The van der Waals surface area contributed by atoms with E-state index < -0.39 is 0 Å². The van der Waals surface area contributed by atoms with E-state index in [0.717, 1.165) is 11.4 Å². The van der Waals surface area contributed by atoms with E-state index in [1.165, 1.54) is 130 Å². The molecule has 330 valence electrons. The van der Waals surface area contributed by atoms with Crippen molar-refractivity contribution in [3.8, 4) is 39.1 Å². The second-order valence-corrected chi connectivity index (χ2v) is 19.9. The molecule has 0 atom stereocenters. The van der Waals surface area contributed by atoms with Gasteiger partial charge in [0.1, 0.15) is 0 Å². The average molecular weight is 919 g/mol. The fourth-order valence-electron chi connectivity index (χ4n) is 11.6. The monoisotopic (exact) mass is 918 g/mol. The Bertz CT molecular complexity index is 4470. The Morgan fingerprint density at radius 1 is 0.268 bits per heavy atom. The van der Waals surface area contributed by atoms with Crippen LogP contribution in [0.4, 0.5) is 17.1 Å². The molecule has 71 heavy (non-hydrogen) atoms. The zero-order valence-corrected chi connectivity index (χ0v) is 39.4. The minimum atomic E-state index is 1.14. The van der Waals surface area contributed by atoms with Crippen molar-refractivity contribution in [3.05, 3.63) is 255 Å². The maximum Gasteiger partial charge on any atom is 0.0608 e. The molecular weight excluding hydrogens is 877 g/mol. The summed E-state index contributed by atoms with van der Waals surface area (Å²) >= 11 is 1.88. The first-order valence-electron chi connectivity index (χ1n) is 24.4. The fraction of sp³-hybridized carbons (Fsp3) is 0. The lowest BCUT2D eigenvalue weighted by Crippen LogP contribution is -2.15. The van der Waals surface area contributed by atoms with E-state index in [-0.39, 0.29) is 0 Å². The van der Waals surface area contributed by atoms with Gasteiger partial charge in [-0.25, -0.2) is 0 Å². The van der Waals surface area contributed by atoms with E-state index in [2.05, 4.69) is 264 Å². The van der Waals surface area contributed by atoms with Crippen LogP contribution in [0.2, 0.25) is 0 Å². The van der Waals surface area contributed by atoms with Gasteiger partial charge in [-0.05, 0) is 154 Å². The van der Waals surface area contributed by atoms with Crippen LogP contribution < -0.4 is 4.90 Å². The molecular formula is C68H42N2S. The molecule has 0 bridgehead atoms. The standard InChI is InChI=1S/C68H42N2S/c1-3-14-43(15-4-1)47-20-13-21-51(38-47)70-64-36-28-46-19-8-10-23-54(46)68(64)71-66-37-30-50(41-65(66)70)49-29-34-62-61(40-49)67-53-22-9-7-18-45(53)27-35-63(67)69(62)52-31-33-58-57-32-26-48(44-16-5-2-6-17-44)39-59(57)55-24-11-12-25-56(55)60(58)42-52/h1-42H. The molecule has 14 aromatic rings. The number of fused-ring (bicyclic) bond motifs is 15. The molecule has 15 rings (SSSR count). The molecule has 3 heteroatoms. The van der Waals surface area contributed by atoms with Crippen molar-refractivity contribution < 1.29 is 0 Å². The predicted octanol–water partition coefficient (Wildman–Crippen LogP) is 19.5. The molecule has 0 fully saturated rings. The number of aromatic nitrogens is 1. The summed E-state index contributed by atoms with van der Waals surface area (Å²) in [7, 11) is 0. The van der Waals surface area contributed by atoms with Gasteiger partial charge in [0.05, 0.1) is 22.4 Å². The van der Waals surface area contributed by atoms with Gasteiger partial charge in [0.25, 0.3) is 0 Å². The largest absolute Gasteiger partial charge is 0.309 e. The van der Waals surface area contributed by atoms with E-state index in [4.69, 9.17) is 0 Å². The third-order valence-corrected chi connectivity index (χ3v) is 16.1. The van der Waals surface area contributed by atoms with Crippen LogP contribution in [0.3, 0.4) is 0 Å². The summed E-state index contributed by atoms with van der Waals surface area (Å²) in [6.07, 6.45) is 0. The molecule has 0 saturated heterocycles. The van der Waals surface area contributed by atoms with Crippen molar-refractivity contribution in [2.24, 2.45) is 0 Å². The van der Waals surface area contributed by atoms with Crippen molar-refractivity contribution >= 4 is 104 Å². The Hall–Kier alpha value is -8.89. The zero-order valence-electron chi connectivity index (χ0n) is 38.6. The number of hydrogen-bond donors (Lipinski definition) is 0. The van der Waals surface area contributed by atoms with Crippen LogP contribution >= 0.6 is 11.8 Å². The van der Waals surface area contributed by atoms with Crippen molar-refractivity contribution in [2.45, 2.75) is 9.79 Å². The highest BCUT2D eigenvalue weighted by Crippen LogP contribution is 2.55. The highest BCUT2D eigenvalue weighted by Gasteiger charge is 2.28. The van der Waals surface area contributed by atoms with Crippen molar-refractivity contribution in [1.82, 2.24) is 4.57 Å². The first kappa shape index (κ1) is 40.0. The molecule has 13 aromatic carbocycles. The molecule has 0 radical (unpaired) electrons. The van der Waals surface area contributed by atoms with Gasteiger partial charge in [-0.15, -0.1) is 0 Å². The van der Waals surface area contributed by atoms with E-state index in [0.29, 0.717) is 0 Å². The molecule has 0 aliphatic carbocycles. The van der Waals surface area contributed by atoms with Gasteiger partial charge >= 0.3 is 0 Å². The predicted molar refractivity (Wildman–Crippen MR) is 303 cm³/mol. The van der Waals surface area contributed by atoms with Gasteiger partial charge in [-0.3, -0.25) is 0 Å². The second kappa shape index (κ2) is 15.8. The lowest BCUT2D eigenvalue weighted by atomic mass is 9.92. The Morgan fingerprint density at radius 2 is 0.803 bits per heavy atom. The van der Waals surface area contributed by atoms with Gasteiger partial charge < -0.3 is 9.47 Å². The number of rotatable bonds is 5. The smallest absolute Gasteiger partial charge is 0.0608 e. The molecule has 0 unspecified atom stereocenters.